The van der Waals surface area contributed by atoms with Crippen molar-refractivity contribution in [3.05, 3.63) is 34.9 Å². The van der Waals surface area contributed by atoms with Gasteiger partial charge in [0.15, 0.2) is 9.84 Å². The molecule has 3 nitrogen and oxygen atoms in total. The number of aryl methyl sites for hydroxylation is 2. The van der Waals surface area contributed by atoms with Crippen molar-refractivity contribution in [3.8, 4) is 0 Å². The van der Waals surface area contributed by atoms with E-state index in [0.29, 0.717) is 11.5 Å². The van der Waals surface area contributed by atoms with Crippen LogP contribution >= 0.6 is 0 Å². The first-order chi connectivity index (χ1) is 8.85. The highest BCUT2D eigenvalue weighted by molar-refractivity contribution is 7.91. The van der Waals surface area contributed by atoms with E-state index in [4.69, 9.17) is 5.73 Å². The molecule has 0 saturated carbocycles. The van der Waals surface area contributed by atoms with Gasteiger partial charge < -0.3 is 5.73 Å². The van der Waals surface area contributed by atoms with E-state index in [1.807, 2.05) is 0 Å². The lowest BCUT2D eigenvalue weighted by atomic mass is 9.94. The standard InChI is InChI=1S/C15H23NO2S/c1-11-3-4-13(7-12(11)2)8-15(16)9-14-5-6-19(17,18)10-14/h3-4,7,14-15H,5-6,8-10,16H2,1-2H3. The first-order valence-electron chi connectivity index (χ1n) is 6.88. The SMILES string of the molecule is Cc1ccc(CC(N)CC2CCS(=O)(=O)C2)cc1C. The lowest BCUT2D eigenvalue weighted by Gasteiger charge is -2.16. The summed E-state index contributed by atoms with van der Waals surface area (Å²) in [6, 6.07) is 6.48. The van der Waals surface area contributed by atoms with E-state index >= 15 is 0 Å². The molecule has 106 valence electrons. The predicted octanol–water partition coefficient (Wildman–Crippen LogP) is 2.00. The number of nitrogens with two attached hydrogens (primary N) is 1. The van der Waals surface area contributed by atoms with Gasteiger partial charge >= 0.3 is 0 Å². The molecule has 0 aliphatic carbocycles. The first-order valence-corrected chi connectivity index (χ1v) is 8.70. The van der Waals surface area contributed by atoms with Crippen LogP contribution in [0.4, 0.5) is 0 Å². The molecule has 1 aliphatic rings. The summed E-state index contributed by atoms with van der Waals surface area (Å²) in [5.74, 6) is 0.924. The topological polar surface area (TPSA) is 60.2 Å². The Labute approximate surface area is 116 Å². The molecule has 1 fully saturated rings. The highest BCUT2D eigenvalue weighted by atomic mass is 32.2. The van der Waals surface area contributed by atoms with Crippen molar-refractivity contribution in [1.29, 1.82) is 0 Å². The number of hydrogen-bond donors (Lipinski definition) is 1. The van der Waals surface area contributed by atoms with Gasteiger partial charge in [-0.1, -0.05) is 18.2 Å². The van der Waals surface area contributed by atoms with Crippen LogP contribution in [0.15, 0.2) is 18.2 Å². The molecule has 19 heavy (non-hydrogen) atoms. The number of hydrogen-bond acceptors (Lipinski definition) is 3. The number of sulfone groups is 1. The second kappa shape index (κ2) is 5.63. The maximum atomic E-state index is 11.4. The lowest BCUT2D eigenvalue weighted by Crippen LogP contribution is -2.26. The third-order valence-corrected chi connectivity index (χ3v) is 5.87. The first kappa shape index (κ1) is 14.5. The lowest BCUT2D eigenvalue weighted by molar-refractivity contribution is 0.468. The summed E-state index contributed by atoms with van der Waals surface area (Å²) in [4.78, 5) is 0. The zero-order chi connectivity index (χ0) is 14.0. The van der Waals surface area contributed by atoms with E-state index in [2.05, 4.69) is 32.0 Å². The molecule has 0 amide bonds. The molecule has 0 aromatic heterocycles. The molecule has 2 atom stereocenters. The van der Waals surface area contributed by atoms with Gasteiger partial charge in [-0.15, -0.1) is 0 Å². The Morgan fingerprint density at radius 1 is 1.32 bits per heavy atom. The summed E-state index contributed by atoms with van der Waals surface area (Å²) >= 11 is 0. The van der Waals surface area contributed by atoms with E-state index in [0.717, 1.165) is 19.3 Å². The van der Waals surface area contributed by atoms with Gasteiger partial charge in [0.2, 0.25) is 0 Å². The van der Waals surface area contributed by atoms with Crippen LogP contribution in [0, 0.1) is 19.8 Å². The maximum absolute atomic E-state index is 11.4. The molecule has 2 unspecified atom stereocenters. The second-order valence-electron chi connectivity index (χ2n) is 5.89. The fourth-order valence-electron chi connectivity index (χ4n) is 2.80. The molecule has 2 N–H and O–H groups in total. The summed E-state index contributed by atoms with van der Waals surface area (Å²) in [6.07, 6.45) is 2.42. The number of benzene rings is 1. The Kier molecular flexibility index (Phi) is 4.31. The molecule has 4 heteroatoms. The summed E-state index contributed by atoms with van der Waals surface area (Å²) in [5, 5.41) is 0. The van der Waals surface area contributed by atoms with Gasteiger partial charge in [-0.2, -0.15) is 0 Å². The summed E-state index contributed by atoms with van der Waals surface area (Å²) in [7, 11) is -2.78. The van der Waals surface area contributed by atoms with E-state index in [1.165, 1.54) is 16.7 Å². The molecule has 0 spiro atoms. The fourth-order valence-corrected chi connectivity index (χ4v) is 4.68. The molecular formula is C15H23NO2S. The molecule has 0 radical (unpaired) electrons. The van der Waals surface area contributed by atoms with Crippen molar-refractivity contribution in [3.63, 3.8) is 0 Å². The normalized spacial score (nSPS) is 23.4. The molecule has 1 aromatic rings. The van der Waals surface area contributed by atoms with Gasteiger partial charge in [-0.05, 0) is 55.7 Å². The van der Waals surface area contributed by atoms with Gasteiger partial charge in [-0.25, -0.2) is 8.42 Å². The van der Waals surface area contributed by atoms with E-state index < -0.39 is 9.84 Å². The van der Waals surface area contributed by atoms with Crippen LogP contribution in [0.1, 0.15) is 29.5 Å². The molecular weight excluding hydrogens is 258 g/mol. The minimum atomic E-state index is -2.78. The Bertz CT molecular complexity index is 551. The van der Waals surface area contributed by atoms with Gasteiger partial charge in [0, 0.05) is 6.04 Å². The van der Waals surface area contributed by atoms with Crippen LogP contribution < -0.4 is 5.73 Å². The molecule has 1 saturated heterocycles. The average molecular weight is 281 g/mol. The largest absolute Gasteiger partial charge is 0.327 e. The van der Waals surface area contributed by atoms with Crippen LogP contribution in [-0.4, -0.2) is 26.0 Å². The van der Waals surface area contributed by atoms with Crippen LogP contribution in [0.25, 0.3) is 0 Å². The Hall–Kier alpha value is -0.870. The van der Waals surface area contributed by atoms with Gasteiger partial charge in [-0.3, -0.25) is 0 Å². The van der Waals surface area contributed by atoms with Gasteiger partial charge in [0.05, 0.1) is 11.5 Å². The van der Waals surface area contributed by atoms with Crippen LogP contribution in [0.5, 0.6) is 0 Å². The minimum Gasteiger partial charge on any atom is -0.327 e. The zero-order valence-electron chi connectivity index (χ0n) is 11.7. The molecule has 0 bridgehead atoms. The van der Waals surface area contributed by atoms with Gasteiger partial charge in [0.25, 0.3) is 0 Å². The quantitative estimate of drug-likeness (QED) is 0.918. The van der Waals surface area contributed by atoms with Crippen molar-refractivity contribution in [2.45, 2.75) is 39.2 Å². The highest BCUT2D eigenvalue weighted by Gasteiger charge is 2.28. The Morgan fingerprint density at radius 2 is 2.05 bits per heavy atom. The minimum absolute atomic E-state index is 0.0559. The fraction of sp³-hybridized carbons (Fsp3) is 0.600. The molecule has 1 aromatic carbocycles. The van der Waals surface area contributed by atoms with Crippen LogP contribution in [0.3, 0.4) is 0 Å². The van der Waals surface area contributed by atoms with Crippen LogP contribution in [-0.2, 0) is 16.3 Å². The zero-order valence-corrected chi connectivity index (χ0v) is 12.5. The van der Waals surface area contributed by atoms with E-state index in [1.54, 1.807) is 0 Å². The Balaban J connectivity index is 1.91. The van der Waals surface area contributed by atoms with Crippen LogP contribution in [0.2, 0.25) is 0 Å². The third-order valence-electron chi connectivity index (χ3n) is 4.03. The van der Waals surface area contributed by atoms with Crippen molar-refractivity contribution in [2.75, 3.05) is 11.5 Å². The third kappa shape index (κ3) is 4.05. The highest BCUT2D eigenvalue weighted by Crippen LogP contribution is 2.23. The molecule has 1 aliphatic heterocycles. The van der Waals surface area contributed by atoms with Crippen molar-refractivity contribution in [2.24, 2.45) is 11.7 Å². The second-order valence-corrected chi connectivity index (χ2v) is 8.12. The van der Waals surface area contributed by atoms with E-state index in [9.17, 15) is 8.42 Å². The Morgan fingerprint density at radius 3 is 2.63 bits per heavy atom. The van der Waals surface area contributed by atoms with Crippen molar-refractivity contribution in [1.82, 2.24) is 0 Å². The maximum Gasteiger partial charge on any atom is 0.150 e. The summed E-state index contributed by atoms with van der Waals surface area (Å²) < 4.78 is 22.8. The number of rotatable bonds is 4. The predicted molar refractivity (Wildman–Crippen MR) is 79.0 cm³/mol. The average Bonchev–Trinajstić information content (AvgIpc) is 2.63. The summed E-state index contributed by atoms with van der Waals surface area (Å²) in [5.41, 5.74) is 9.99. The van der Waals surface area contributed by atoms with Crippen molar-refractivity contribution < 1.29 is 8.42 Å². The summed E-state index contributed by atoms with van der Waals surface area (Å²) in [6.45, 7) is 4.20. The van der Waals surface area contributed by atoms with Crippen molar-refractivity contribution >= 4 is 9.84 Å². The smallest absolute Gasteiger partial charge is 0.150 e. The molecule has 1 heterocycles. The van der Waals surface area contributed by atoms with E-state index in [-0.39, 0.29) is 12.0 Å². The molecule has 2 rings (SSSR count). The monoisotopic (exact) mass is 281 g/mol. The van der Waals surface area contributed by atoms with Gasteiger partial charge in [0.1, 0.15) is 0 Å².